The summed E-state index contributed by atoms with van der Waals surface area (Å²) in [7, 11) is 0. The average Bonchev–Trinajstić information content (AvgIpc) is 2.77. The fraction of sp³-hybridized carbons (Fsp3) is 0.375. The third-order valence-electron chi connectivity index (χ3n) is 3.90. The number of aromatic nitrogens is 1. The number of aliphatic hydroxyl groups excluding tert-OH is 1. The van der Waals surface area contributed by atoms with Crippen molar-refractivity contribution in [2.75, 3.05) is 6.26 Å². The van der Waals surface area contributed by atoms with Gasteiger partial charge in [0.25, 0.3) is 0 Å². The number of thioether (sulfide) groups is 1. The minimum Gasteiger partial charge on any atom is -0.388 e. The predicted octanol–water partition coefficient (Wildman–Crippen LogP) is 3.88. The molecule has 0 saturated heterocycles. The van der Waals surface area contributed by atoms with Crippen LogP contribution in [0.2, 0.25) is 0 Å². The third-order valence-corrected chi connectivity index (χ3v) is 4.64. The maximum Gasteiger partial charge on any atom is 0.0807 e. The van der Waals surface area contributed by atoms with Gasteiger partial charge >= 0.3 is 0 Å². The summed E-state index contributed by atoms with van der Waals surface area (Å²) in [6.07, 6.45) is 4.83. The van der Waals surface area contributed by atoms with Crippen LogP contribution in [0.5, 0.6) is 0 Å². The zero-order valence-corrected chi connectivity index (χ0v) is 12.2. The van der Waals surface area contributed by atoms with Crippen LogP contribution in [0.15, 0.2) is 35.2 Å². The van der Waals surface area contributed by atoms with Crippen LogP contribution in [-0.4, -0.2) is 15.9 Å². The van der Waals surface area contributed by atoms with E-state index in [4.69, 9.17) is 0 Å². The van der Waals surface area contributed by atoms with Gasteiger partial charge in [0.1, 0.15) is 0 Å². The Morgan fingerprint density at radius 2 is 2.00 bits per heavy atom. The molecule has 0 saturated carbocycles. The molecule has 100 valence electrons. The smallest absolute Gasteiger partial charge is 0.0807 e. The van der Waals surface area contributed by atoms with Gasteiger partial charge in [-0.3, -0.25) is 0 Å². The average molecular weight is 273 g/mol. The highest BCUT2D eigenvalue weighted by molar-refractivity contribution is 7.98. The van der Waals surface area contributed by atoms with E-state index in [1.54, 1.807) is 11.8 Å². The Labute approximate surface area is 118 Å². The van der Waals surface area contributed by atoms with E-state index in [1.807, 2.05) is 0 Å². The number of hydrogen-bond donors (Lipinski definition) is 1. The van der Waals surface area contributed by atoms with Crippen molar-refractivity contribution in [1.29, 1.82) is 0 Å². The normalized spacial score (nSPS) is 18.4. The first-order chi connectivity index (χ1) is 9.20. The number of aryl methyl sites for hydroxylation is 1. The molecule has 1 unspecified atom stereocenters. The fourth-order valence-electron chi connectivity index (χ4n) is 2.97. The van der Waals surface area contributed by atoms with Crippen LogP contribution in [-0.2, 0) is 6.42 Å². The first-order valence-corrected chi connectivity index (χ1v) is 7.97. The van der Waals surface area contributed by atoms with Crippen LogP contribution in [0.1, 0.15) is 35.9 Å². The summed E-state index contributed by atoms with van der Waals surface area (Å²) in [6.45, 7) is 2.12. The van der Waals surface area contributed by atoms with Gasteiger partial charge in [0.05, 0.1) is 6.10 Å². The van der Waals surface area contributed by atoms with E-state index in [9.17, 15) is 5.11 Å². The van der Waals surface area contributed by atoms with E-state index < -0.39 is 0 Å². The molecule has 1 N–H and O–H groups in total. The van der Waals surface area contributed by atoms with E-state index in [0.29, 0.717) is 0 Å². The lowest BCUT2D eigenvalue weighted by atomic mass is 9.95. The van der Waals surface area contributed by atoms with Crippen LogP contribution in [0.4, 0.5) is 0 Å². The highest BCUT2D eigenvalue weighted by atomic mass is 32.2. The second-order valence-electron chi connectivity index (χ2n) is 5.13. The molecular weight excluding hydrogens is 254 g/mol. The van der Waals surface area contributed by atoms with Crippen molar-refractivity contribution in [3.8, 4) is 5.69 Å². The zero-order chi connectivity index (χ0) is 13.4. The third kappa shape index (κ3) is 2.21. The summed E-state index contributed by atoms with van der Waals surface area (Å²) in [4.78, 5) is 1.28. The van der Waals surface area contributed by atoms with E-state index in [1.165, 1.54) is 22.0 Å². The molecule has 0 spiro atoms. The number of rotatable bonds is 2. The summed E-state index contributed by atoms with van der Waals surface area (Å²) < 4.78 is 2.29. The summed E-state index contributed by atoms with van der Waals surface area (Å²) in [5.74, 6) is 0. The molecule has 0 aliphatic heterocycles. The van der Waals surface area contributed by atoms with Gasteiger partial charge in [-0.05, 0) is 62.8 Å². The molecular formula is C16H19NOS. The Balaban J connectivity index is 2.09. The molecule has 1 atom stereocenters. The molecule has 19 heavy (non-hydrogen) atoms. The number of nitrogens with zero attached hydrogens (tertiary/aromatic N) is 1. The van der Waals surface area contributed by atoms with E-state index in [2.05, 4.69) is 48.1 Å². The van der Waals surface area contributed by atoms with Crippen LogP contribution < -0.4 is 0 Å². The first-order valence-electron chi connectivity index (χ1n) is 6.74. The van der Waals surface area contributed by atoms with Gasteiger partial charge in [-0.1, -0.05) is 0 Å². The second-order valence-corrected chi connectivity index (χ2v) is 6.01. The van der Waals surface area contributed by atoms with Crippen LogP contribution >= 0.6 is 11.8 Å². The van der Waals surface area contributed by atoms with Crippen LogP contribution in [0.3, 0.4) is 0 Å². The molecule has 0 bridgehead atoms. The Hall–Kier alpha value is -1.19. The highest BCUT2D eigenvalue weighted by Crippen LogP contribution is 2.34. The van der Waals surface area contributed by atoms with Crippen molar-refractivity contribution in [1.82, 2.24) is 4.57 Å². The van der Waals surface area contributed by atoms with Gasteiger partial charge in [-0.2, -0.15) is 0 Å². The van der Waals surface area contributed by atoms with Crippen LogP contribution in [0.25, 0.3) is 5.69 Å². The molecule has 1 aromatic carbocycles. The SMILES string of the molecule is CSc1ccc(-n2c(C)cc3c2CCCC3O)cc1. The standard InChI is InChI=1S/C16H19NOS/c1-11-10-14-15(4-3-5-16(14)18)17(11)12-6-8-13(19-2)9-7-12/h6-10,16,18H,3-5H2,1-2H3. The zero-order valence-electron chi connectivity index (χ0n) is 11.4. The van der Waals surface area contributed by atoms with Crippen molar-refractivity contribution in [3.63, 3.8) is 0 Å². The van der Waals surface area contributed by atoms with Crippen molar-refractivity contribution in [2.45, 2.75) is 37.2 Å². The molecule has 0 amide bonds. The van der Waals surface area contributed by atoms with Gasteiger partial charge in [0.15, 0.2) is 0 Å². The quantitative estimate of drug-likeness (QED) is 0.840. The second kappa shape index (κ2) is 5.06. The van der Waals surface area contributed by atoms with E-state index in [-0.39, 0.29) is 6.10 Å². The number of aliphatic hydroxyl groups is 1. The summed E-state index contributed by atoms with van der Waals surface area (Å²) >= 11 is 1.76. The minimum absolute atomic E-state index is 0.283. The van der Waals surface area contributed by atoms with Gasteiger partial charge in [0.2, 0.25) is 0 Å². The minimum atomic E-state index is -0.283. The van der Waals surface area contributed by atoms with E-state index >= 15 is 0 Å². The van der Waals surface area contributed by atoms with Gasteiger partial charge in [-0.25, -0.2) is 0 Å². The fourth-order valence-corrected chi connectivity index (χ4v) is 3.38. The lowest BCUT2D eigenvalue weighted by Gasteiger charge is -2.20. The van der Waals surface area contributed by atoms with Crippen LogP contribution in [0, 0.1) is 6.92 Å². The summed E-state index contributed by atoms with van der Waals surface area (Å²) in [5, 5.41) is 10.1. The molecule has 2 aromatic rings. The van der Waals surface area contributed by atoms with Crippen molar-refractivity contribution >= 4 is 11.8 Å². The van der Waals surface area contributed by atoms with E-state index in [0.717, 1.165) is 24.8 Å². The lowest BCUT2D eigenvalue weighted by Crippen LogP contribution is -2.11. The van der Waals surface area contributed by atoms with Gasteiger partial charge in [0, 0.05) is 27.5 Å². The predicted molar refractivity (Wildman–Crippen MR) is 80.2 cm³/mol. The number of benzene rings is 1. The number of hydrogen-bond acceptors (Lipinski definition) is 2. The van der Waals surface area contributed by atoms with Gasteiger partial charge in [-0.15, -0.1) is 11.8 Å². The van der Waals surface area contributed by atoms with Gasteiger partial charge < -0.3 is 9.67 Å². The molecule has 1 heterocycles. The first kappa shape index (κ1) is 12.8. The molecule has 3 rings (SSSR count). The monoisotopic (exact) mass is 273 g/mol. The Morgan fingerprint density at radius 1 is 1.26 bits per heavy atom. The Kier molecular flexibility index (Phi) is 3.42. The molecule has 0 radical (unpaired) electrons. The Morgan fingerprint density at radius 3 is 2.68 bits per heavy atom. The molecule has 0 fully saturated rings. The maximum absolute atomic E-state index is 10.1. The summed E-state index contributed by atoms with van der Waals surface area (Å²) in [6, 6.07) is 10.8. The van der Waals surface area contributed by atoms with Crippen molar-refractivity contribution in [2.24, 2.45) is 0 Å². The molecule has 3 heteroatoms. The van der Waals surface area contributed by atoms with Crippen molar-refractivity contribution < 1.29 is 5.11 Å². The largest absolute Gasteiger partial charge is 0.388 e. The summed E-state index contributed by atoms with van der Waals surface area (Å²) in [5.41, 5.74) is 4.82. The molecule has 1 aliphatic rings. The molecule has 1 aromatic heterocycles. The maximum atomic E-state index is 10.1. The molecule has 2 nitrogen and oxygen atoms in total. The molecule has 1 aliphatic carbocycles. The topological polar surface area (TPSA) is 25.2 Å². The Bertz CT molecular complexity index is 586. The van der Waals surface area contributed by atoms with Crippen molar-refractivity contribution in [3.05, 3.63) is 47.3 Å². The lowest BCUT2D eigenvalue weighted by molar-refractivity contribution is 0.156. The highest BCUT2D eigenvalue weighted by Gasteiger charge is 2.23. The number of fused-ring (bicyclic) bond motifs is 1.